The highest BCUT2D eigenvalue weighted by Gasteiger charge is 2.38. The van der Waals surface area contributed by atoms with Gasteiger partial charge < -0.3 is 15.4 Å². The lowest BCUT2D eigenvalue weighted by molar-refractivity contribution is 0.888. The first kappa shape index (κ1) is 13.1. The Labute approximate surface area is 95.9 Å². The number of hydrogen-bond acceptors (Lipinski definition) is 3. The molecule has 0 saturated carbocycles. The van der Waals surface area contributed by atoms with Crippen molar-refractivity contribution in [2.24, 2.45) is 0 Å². The fourth-order valence-electron chi connectivity index (χ4n) is 1.88. The first-order valence-electron chi connectivity index (χ1n) is 6.20. The molecule has 0 radical (unpaired) electrons. The molecule has 1 heterocycles. The van der Waals surface area contributed by atoms with Crippen LogP contribution < -0.4 is 15.4 Å². The minimum atomic E-state index is 0.422. The van der Waals surface area contributed by atoms with E-state index in [9.17, 15) is 0 Å². The van der Waals surface area contributed by atoms with Crippen LogP contribution in [0.5, 0.6) is 0 Å². The molecule has 1 saturated heterocycles. The molecule has 0 atom stereocenters. The maximum Gasteiger partial charge on any atom is 0.287 e. The second kappa shape index (κ2) is 5.42. The molecule has 1 fully saturated rings. The summed E-state index contributed by atoms with van der Waals surface area (Å²) in [6.07, 6.45) is 0. The van der Waals surface area contributed by atoms with Crippen LogP contribution in [0.4, 0.5) is 0 Å². The predicted octanol–water partition coefficient (Wildman–Crippen LogP) is 1.46. The Kier molecular flexibility index (Phi) is 4.75. The van der Waals surface area contributed by atoms with Crippen LogP contribution in [0, 0.1) is 0 Å². The van der Waals surface area contributed by atoms with E-state index in [0.29, 0.717) is 38.4 Å². The summed E-state index contributed by atoms with van der Waals surface area (Å²) >= 11 is 0. The van der Waals surface area contributed by atoms with E-state index in [1.807, 2.05) is 0 Å². The van der Waals surface area contributed by atoms with Crippen molar-refractivity contribution in [2.75, 3.05) is 0 Å². The van der Waals surface area contributed by atoms with E-state index in [1.54, 1.807) is 0 Å². The summed E-state index contributed by atoms with van der Waals surface area (Å²) in [7, 11) is 0. The zero-order chi connectivity index (χ0) is 11.6. The Bertz CT molecular complexity index is 160. The van der Waals surface area contributed by atoms with Gasteiger partial charge in [0.2, 0.25) is 0 Å². The fourth-order valence-corrected chi connectivity index (χ4v) is 1.88. The minimum Gasteiger partial charge on any atom is -0.371 e. The molecule has 3 nitrogen and oxygen atoms in total. The van der Waals surface area contributed by atoms with Crippen molar-refractivity contribution in [1.29, 1.82) is 0 Å². The van der Waals surface area contributed by atoms with Gasteiger partial charge in [0.25, 0.3) is 20.9 Å². The Morgan fingerprint density at radius 1 is 0.533 bits per heavy atom. The maximum atomic E-state index is 3.61. The third kappa shape index (κ3) is 3.54. The highest BCUT2D eigenvalue weighted by Crippen LogP contribution is 2.14. The van der Waals surface area contributed by atoms with Crippen molar-refractivity contribution in [3.05, 3.63) is 0 Å². The molecule has 84 valence electrons. The van der Waals surface area contributed by atoms with Gasteiger partial charge in [-0.2, -0.15) is 0 Å². The van der Waals surface area contributed by atoms with Crippen LogP contribution >= 0.6 is 0 Å². The van der Waals surface area contributed by atoms with E-state index in [0.717, 1.165) is 0 Å². The molecule has 3 N–H and O–H groups in total. The summed E-state index contributed by atoms with van der Waals surface area (Å²) in [4.78, 5) is 0. The summed E-state index contributed by atoms with van der Waals surface area (Å²) < 4.78 is 0. The van der Waals surface area contributed by atoms with Crippen LogP contribution in [0.2, 0.25) is 17.5 Å². The van der Waals surface area contributed by atoms with Crippen LogP contribution in [0.1, 0.15) is 41.5 Å². The maximum absolute atomic E-state index is 3.61. The number of nitrogens with one attached hydrogen (secondary N) is 3. The molecule has 1 aliphatic heterocycles. The van der Waals surface area contributed by atoms with Crippen molar-refractivity contribution in [2.45, 2.75) is 59.0 Å². The van der Waals surface area contributed by atoms with E-state index in [-0.39, 0.29) is 0 Å². The summed E-state index contributed by atoms with van der Waals surface area (Å²) in [6.45, 7) is 14.8. The molecular formula is C9H24B3N3. The molecule has 0 aliphatic carbocycles. The summed E-state index contributed by atoms with van der Waals surface area (Å²) in [5.41, 5.74) is 0. The fraction of sp³-hybridized carbons (Fsp3) is 1.00. The lowest BCUT2D eigenvalue weighted by Gasteiger charge is -2.38. The smallest absolute Gasteiger partial charge is 0.287 e. The van der Waals surface area contributed by atoms with Crippen LogP contribution in [0.25, 0.3) is 0 Å². The van der Waals surface area contributed by atoms with Gasteiger partial charge in [-0.25, -0.2) is 0 Å². The molecule has 0 aromatic rings. The van der Waals surface area contributed by atoms with Gasteiger partial charge in [0, 0.05) is 0 Å². The van der Waals surface area contributed by atoms with Crippen molar-refractivity contribution >= 4 is 20.9 Å². The van der Waals surface area contributed by atoms with E-state index in [2.05, 4.69) is 57.0 Å². The first-order chi connectivity index (χ1) is 6.91. The molecule has 0 bridgehead atoms. The Morgan fingerprint density at radius 3 is 0.867 bits per heavy atom. The van der Waals surface area contributed by atoms with Crippen LogP contribution in [-0.4, -0.2) is 20.9 Å². The van der Waals surface area contributed by atoms with Gasteiger partial charge in [0.15, 0.2) is 0 Å². The van der Waals surface area contributed by atoms with Gasteiger partial charge in [-0.05, 0) is 17.5 Å². The van der Waals surface area contributed by atoms with E-state index in [1.165, 1.54) is 0 Å². The normalized spacial score (nSPS) is 18.6. The van der Waals surface area contributed by atoms with Crippen molar-refractivity contribution in [1.82, 2.24) is 15.4 Å². The molecule has 0 aromatic carbocycles. The van der Waals surface area contributed by atoms with Gasteiger partial charge in [0.1, 0.15) is 0 Å². The molecule has 1 aliphatic rings. The molecule has 6 heteroatoms. The van der Waals surface area contributed by atoms with Gasteiger partial charge >= 0.3 is 0 Å². The van der Waals surface area contributed by atoms with Crippen molar-refractivity contribution in [3.8, 4) is 0 Å². The van der Waals surface area contributed by atoms with E-state index in [4.69, 9.17) is 0 Å². The van der Waals surface area contributed by atoms with E-state index < -0.39 is 0 Å². The molecule has 15 heavy (non-hydrogen) atoms. The monoisotopic (exact) mass is 207 g/mol. The molecule has 0 amide bonds. The highest BCUT2D eigenvalue weighted by atomic mass is 15.1. The molecular weight excluding hydrogens is 183 g/mol. The van der Waals surface area contributed by atoms with Crippen molar-refractivity contribution in [3.63, 3.8) is 0 Å². The SMILES string of the molecule is CC(C)B1NB(C(C)C)NB(C(C)C)N1. The quantitative estimate of drug-likeness (QED) is 0.612. The molecule has 0 aromatic heterocycles. The average molecular weight is 207 g/mol. The van der Waals surface area contributed by atoms with Gasteiger partial charge in [0.05, 0.1) is 0 Å². The number of hydrogen-bond donors (Lipinski definition) is 3. The second-order valence-electron chi connectivity index (χ2n) is 5.67. The molecule has 1 rings (SSSR count). The van der Waals surface area contributed by atoms with Gasteiger partial charge in [-0.15, -0.1) is 0 Å². The minimum absolute atomic E-state index is 0.422. The largest absolute Gasteiger partial charge is 0.371 e. The van der Waals surface area contributed by atoms with Gasteiger partial charge in [-0.3, -0.25) is 0 Å². The molecule has 0 unspecified atom stereocenters. The Balaban J connectivity index is 2.64. The van der Waals surface area contributed by atoms with E-state index >= 15 is 0 Å². The lowest BCUT2D eigenvalue weighted by atomic mass is 9.40. The topological polar surface area (TPSA) is 36.1 Å². The summed E-state index contributed by atoms with van der Waals surface area (Å²) in [6, 6.07) is 0. The number of rotatable bonds is 3. The summed E-state index contributed by atoms with van der Waals surface area (Å²) in [5.74, 6) is 1.86. The van der Waals surface area contributed by atoms with Crippen LogP contribution in [0.15, 0.2) is 0 Å². The standard InChI is InChI=1S/C9H24B3N3/c1-7(2)10-13-11(8(3)4)15-12(14-10)9(5)6/h7-9,13-15H,1-6H3. The lowest BCUT2D eigenvalue weighted by Crippen LogP contribution is -2.76. The van der Waals surface area contributed by atoms with Crippen molar-refractivity contribution < 1.29 is 0 Å². The third-order valence-corrected chi connectivity index (χ3v) is 3.08. The molecule has 0 spiro atoms. The Hall–Kier alpha value is 0.0748. The zero-order valence-corrected chi connectivity index (χ0v) is 11.0. The van der Waals surface area contributed by atoms with Crippen LogP contribution in [-0.2, 0) is 0 Å². The zero-order valence-electron chi connectivity index (χ0n) is 11.0. The highest BCUT2D eigenvalue weighted by molar-refractivity contribution is 6.88. The van der Waals surface area contributed by atoms with Crippen LogP contribution in [0.3, 0.4) is 0 Å². The Morgan fingerprint density at radius 2 is 0.733 bits per heavy atom. The first-order valence-corrected chi connectivity index (χ1v) is 6.20. The average Bonchev–Trinajstić information content (AvgIpc) is 2.16. The summed E-state index contributed by atoms with van der Waals surface area (Å²) in [5, 5.41) is 10.8. The third-order valence-electron chi connectivity index (χ3n) is 3.08. The predicted molar refractivity (Wildman–Crippen MR) is 72.0 cm³/mol. The second-order valence-corrected chi connectivity index (χ2v) is 5.67. The van der Waals surface area contributed by atoms with Gasteiger partial charge in [-0.1, -0.05) is 41.5 Å².